The van der Waals surface area contributed by atoms with E-state index in [1.807, 2.05) is 97.1 Å². The minimum absolute atomic E-state index is 0.226. The zero-order valence-electron chi connectivity index (χ0n) is 19.5. The lowest BCUT2D eigenvalue weighted by molar-refractivity contribution is 0.724. The second kappa shape index (κ2) is 13.4. The molecular weight excluding hydrogens is 452 g/mol. The molecular formula is C30H30N2S2. The summed E-state index contributed by atoms with van der Waals surface area (Å²) in [6.07, 6.45) is 0. The first kappa shape index (κ1) is 25.3. The van der Waals surface area contributed by atoms with E-state index in [0.29, 0.717) is 0 Å². The first-order valence-electron chi connectivity index (χ1n) is 11.4. The molecule has 0 saturated heterocycles. The zero-order chi connectivity index (χ0) is 24.2. The topological polar surface area (TPSA) is 24.1 Å². The van der Waals surface area contributed by atoms with E-state index in [9.17, 15) is 0 Å². The molecule has 0 radical (unpaired) electrons. The molecule has 0 saturated carbocycles. The number of rotatable bonds is 6. The van der Waals surface area contributed by atoms with E-state index in [0.717, 1.165) is 21.1 Å². The van der Waals surface area contributed by atoms with Crippen LogP contribution in [-0.4, -0.2) is 9.98 Å². The van der Waals surface area contributed by atoms with Gasteiger partial charge in [-0.3, -0.25) is 0 Å². The Morgan fingerprint density at radius 3 is 1.03 bits per heavy atom. The molecule has 4 heteroatoms. The number of nitrogens with one attached hydrogen (secondary N) is 2. The highest BCUT2D eigenvalue weighted by Crippen LogP contribution is 2.13. The Labute approximate surface area is 214 Å². The van der Waals surface area contributed by atoms with Crippen molar-refractivity contribution in [2.24, 2.45) is 0 Å². The summed E-state index contributed by atoms with van der Waals surface area (Å²) in [6.45, 7) is 4.23. The largest absolute Gasteiger partial charge is 0.369 e. The van der Waals surface area contributed by atoms with Crippen molar-refractivity contribution in [1.82, 2.24) is 10.6 Å². The molecule has 0 aliphatic carbocycles. The maximum atomic E-state index is 5.39. The number of hydrogen-bond donors (Lipinski definition) is 2. The SMILES string of the molecule is C[C@@H](NC(=S)c1ccccc1)c1ccccc1.C[C@@H](NC(=S)c1ccccc1)c1ccccc1. The number of hydrogen-bond acceptors (Lipinski definition) is 2. The molecule has 0 heterocycles. The maximum Gasteiger partial charge on any atom is 0.107 e. The molecule has 0 bridgehead atoms. The summed E-state index contributed by atoms with van der Waals surface area (Å²) in [6, 6.07) is 41.1. The van der Waals surface area contributed by atoms with Crippen LogP contribution in [0.4, 0.5) is 0 Å². The highest BCUT2D eigenvalue weighted by Gasteiger charge is 2.08. The summed E-state index contributed by atoms with van der Waals surface area (Å²) in [5.41, 5.74) is 4.60. The fourth-order valence-corrected chi connectivity index (χ4v) is 4.01. The smallest absolute Gasteiger partial charge is 0.107 e. The van der Waals surface area contributed by atoms with Crippen LogP contribution in [0.5, 0.6) is 0 Å². The van der Waals surface area contributed by atoms with Gasteiger partial charge in [-0.2, -0.15) is 0 Å². The minimum atomic E-state index is 0.226. The molecule has 2 nitrogen and oxygen atoms in total. The molecule has 4 aromatic rings. The van der Waals surface area contributed by atoms with Gasteiger partial charge in [0, 0.05) is 23.2 Å². The second-order valence-corrected chi connectivity index (χ2v) is 8.76. The van der Waals surface area contributed by atoms with Crippen LogP contribution in [0.15, 0.2) is 121 Å². The van der Waals surface area contributed by atoms with Crippen LogP contribution >= 0.6 is 24.4 Å². The molecule has 2 N–H and O–H groups in total. The molecule has 2 atom stereocenters. The van der Waals surface area contributed by atoms with Crippen molar-refractivity contribution in [3.05, 3.63) is 144 Å². The van der Waals surface area contributed by atoms with Crippen molar-refractivity contribution in [3.63, 3.8) is 0 Å². The number of benzene rings is 4. The molecule has 0 aliphatic heterocycles. The van der Waals surface area contributed by atoms with Gasteiger partial charge >= 0.3 is 0 Å². The Hall–Kier alpha value is -3.34. The second-order valence-electron chi connectivity index (χ2n) is 7.94. The summed E-state index contributed by atoms with van der Waals surface area (Å²) < 4.78 is 0. The average Bonchev–Trinajstić information content (AvgIpc) is 2.91. The van der Waals surface area contributed by atoms with E-state index in [1.165, 1.54) is 11.1 Å². The molecule has 0 unspecified atom stereocenters. The predicted molar refractivity (Wildman–Crippen MR) is 152 cm³/mol. The van der Waals surface area contributed by atoms with Crippen LogP contribution in [0, 0.1) is 0 Å². The van der Waals surface area contributed by atoms with Crippen molar-refractivity contribution < 1.29 is 0 Å². The van der Waals surface area contributed by atoms with Gasteiger partial charge in [0.2, 0.25) is 0 Å². The monoisotopic (exact) mass is 482 g/mol. The van der Waals surface area contributed by atoms with Crippen molar-refractivity contribution in [1.29, 1.82) is 0 Å². The van der Waals surface area contributed by atoms with Crippen LogP contribution < -0.4 is 10.6 Å². The summed E-state index contributed by atoms with van der Waals surface area (Å²) in [7, 11) is 0. The van der Waals surface area contributed by atoms with Crippen molar-refractivity contribution in [3.8, 4) is 0 Å². The minimum Gasteiger partial charge on any atom is -0.369 e. The summed E-state index contributed by atoms with van der Waals surface area (Å²) in [5, 5.41) is 6.69. The van der Waals surface area contributed by atoms with E-state index in [1.54, 1.807) is 0 Å². The lowest BCUT2D eigenvalue weighted by Crippen LogP contribution is -2.25. The van der Waals surface area contributed by atoms with Gasteiger partial charge in [-0.05, 0) is 25.0 Å². The van der Waals surface area contributed by atoms with E-state index >= 15 is 0 Å². The maximum absolute atomic E-state index is 5.39. The van der Waals surface area contributed by atoms with Crippen molar-refractivity contribution >= 4 is 34.4 Å². The molecule has 4 rings (SSSR count). The van der Waals surface area contributed by atoms with Gasteiger partial charge in [0.25, 0.3) is 0 Å². The fraction of sp³-hybridized carbons (Fsp3) is 0.133. The van der Waals surface area contributed by atoms with Crippen LogP contribution in [0.25, 0.3) is 0 Å². The van der Waals surface area contributed by atoms with Gasteiger partial charge in [-0.25, -0.2) is 0 Å². The Balaban J connectivity index is 0.000000191. The van der Waals surface area contributed by atoms with E-state index < -0.39 is 0 Å². The molecule has 34 heavy (non-hydrogen) atoms. The van der Waals surface area contributed by atoms with Crippen molar-refractivity contribution in [2.75, 3.05) is 0 Å². The Bertz CT molecular complexity index is 1050. The lowest BCUT2D eigenvalue weighted by atomic mass is 10.1. The lowest BCUT2D eigenvalue weighted by Gasteiger charge is -2.16. The first-order valence-corrected chi connectivity index (χ1v) is 12.2. The molecule has 4 aromatic carbocycles. The normalized spacial score (nSPS) is 11.8. The highest BCUT2D eigenvalue weighted by molar-refractivity contribution is 7.81. The van der Waals surface area contributed by atoms with Crippen LogP contribution in [0.3, 0.4) is 0 Å². The van der Waals surface area contributed by atoms with Crippen LogP contribution in [0.1, 0.15) is 48.2 Å². The Morgan fingerprint density at radius 2 is 0.735 bits per heavy atom. The fourth-order valence-electron chi connectivity index (χ4n) is 3.39. The predicted octanol–water partition coefficient (Wildman–Crippen LogP) is 7.43. The highest BCUT2D eigenvalue weighted by atomic mass is 32.1. The molecule has 0 aromatic heterocycles. The molecule has 0 spiro atoms. The molecule has 0 aliphatic rings. The molecule has 172 valence electrons. The van der Waals surface area contributed by atoms with Crippen molar-refractivity contribution in [2.45, 2.75) is 25.9 Å². The average molecular weight is 483 g/mol. The summed E-state index contributed by atoms with van der Waals surface area (Å²) >= 11 is 10.8. The van der Waals surface area contributed by atoms with Crippen LogP contribution in [-0.2, 0) is 0 Å². The third-order valence-corrected chi connectivity index (χ3v) is 6.07. The van der Waals surface area contributed by atoms with Gasteiger partial charge in [0.1, 0.15) is 9.98 Å². The Morgan fingerprint density at radius 1 is 0.471 bits per heavy atom. The van der Waals surface area contributed by atoms with E-state index in [2.05, 4.69) is 48.7 Å². The standard InChI is InChI=1S/2C15H15NS/c2*1-12(13-8-4-2-5-9-13)16-15(17)14-10-6-3-7-11-14/h2*2-12H,1H3,(H,16,17)/t2*12-/m11/s1. The quantitative estimate of drug-likeness (QED) is 0.279. The number of thiocarbonyl (C=S) groups is 2. The zero-order valence-corrected chi connectivity index (χ0v) is 21.2. The van der Waals surface area contributed by atoms with E-state index in [4.69, 9.17) is 24.4 Å². The first-order chi connectivity index (χ1) is 16.5. The third-order valence-electron chi connectivity index (χ3n) is 5.37. The van der Waals surface area contributed by atoms with Crippen LogP contribution in [0.2, 0.25) is 0 Å². The van der Waals surface area contributed by atoms with E-state index in [-0.39, 0.29) is 12.1 Å². The Kier molecular flexibility index (Phi) is 9.96. The molecule has 0 fully saturated rings. The molecule has 0 amide bonds. The van der Waals surface area contributed by atoms with Gasteiger partial charge in [-0.1, -0.05) is 146 Å². The van der Waals surface area contributed by atoms with Gasteiger partial charge in [0.15, 0.2) is 0 Å². The van der Waals surface area contributed by atoms with Gasteiger partial charge in [-0.15, -0.1) is 0 Å². The van der Waals surface area contributed by atoms with Gasteiger partial charge < -0.3 is 10.6 Å². The summed E-state index contributed by atoms with van der Waals surface area (Å²) in [5.74, 6) is 0. The van der Waals surface area contributed by atoms with Gasteiger partial charge in [0.05, 0.1) is 0 Å². The third kappa shape index (κ3) is 7.91. The summed E-state index contributed by atoms with van der Waals surface area (Å²) in [4.78, 5) is 1.59.